The van der Waals surface area contributed by atoms with Crippen molar-refractivity contribution < 1.29 is 19.1 Å². The summed E-state index contributed by atoms with van der Waals surface area (Å²) < 4.78 is 11.8. The molecular weight excluding hydrogens is 406 g/mol. The Morgan fingerprint density at radius 1 is 1.19 bits per heavy atom. The zero-order valence-electron chi connectivity index (χ0n) is 19.6. The van der Waals surface area contributed by atoms with Gasteiger partial charge in [0.2, 0.25) is 5.91 Å². The summed E-state index contributed by atoms with van der Waals surface area (Å²) in [7, 11) is 0. The van der Waals surface area contributed by atoms with Crippen molar-refractivity contribution in [2.24, 2.45) is 23.2 Å². The van der Waals surface area contributed by atoms with Crippen molar-refractivity contribution in [3.05, 3.63) is 6.92 Å². The molecule has 0 unspecified atom stereocenters. The van der Waals surface area contributed by atoms with Crippen LogP contribution in [0.25, 0.3) is 0 Å². The van der Waals surface area contributed by atoms with Crippen LogP contribution in [0.3, 0.4) is 0 Å². The van der Waals surface area contributed by atoms with Gasteiger partial charge in [-0.3, -0.25) is 4.79 Å². The first-order valence-corrected chi connectivity index (χ1v) is 12.2. The summed E-state index contributed by atoms with van der Waals surface area (Å²) in [5.74, 6) is 1.33. The number of likely N-dealkylation sites (tertiary alicyclic amines) is 1. The highest BCUT2D eigenvalue weighted by Gasteiger charge is 2.64. The third-order valence-corrected chi connectivity index (χ3v) is 8.49. The highest BCUT2D eigenvalue weighted by atomic mass is 16.6. The summed E-state index contributed by atoms with van der Waals surface area (Å²) in [5.41, 5.74) is -1.26. The number of nitrogens with zero attached hydrogens (tertiary/aromatic N) is 2. The van der Waals surface area contributed by atoms with Gasteiger partial charge in [-0.15, -0.1) is 0 Å². The van der Waals surface area contributed by atoms with Gasteiger partial charge in [0.25, 0.3) is 0 Å². The van der Waals surface area contributed by atoms with Gasteiger partial charge in [-0.25, -0.2) is 4.79 Å². The van der Waals surface area contributed by atoms with Gasteiger partial charge in [-0.1, -0.05) is 0 Å². The zero-order chi connectivity index (χ0) is 22.9. The third kappa shape index (κ3) is 3.69. The van der Waals surface area contributed by atoms with Crippen molar-refractivity contribution in [1.82, 2.24) is 10.2 Å². The summed E-state index contributed by atoms with van der Waals surface area (Å²) in [5, 5.41) is 12.7. The van der Waals surface area contributed by atoms with Crippen LogP contribution < -0.4 is 5.32 Å². The van der Waals surface area contributed by atoms with Gasteiger partial charge in [0.1, 0.15) is 17.7 Å². The highest BCUT2D eigenvalue weighted by molar-refractivity contribution is 5.88. The van der Waals surface area contributed by atoms with E-state index in [2.05, 4.69) is 18.3 Å². The molecule has 6 rings (SSSR count). The second kappa shape index (κ2) is 7.35. The molecular formula is C25H36N3O4. The largest absolute Gasteiger partial charge is 0.444 e. The van der Waals surface area contributed by atoms with Crippen molar-refractivity contribution in [2.45, 2.75) is 101 Å². The molecule has 175 valence electrons. The number of hydrogen-bond acceptors (Lipinski definition) is 5. The molecule has 5 saturated carbocycles. The first kappa shape index (κ1) is 22.0. The van der Waals surface area contributed by atoms with Crippen molar-refractivity contribution >= 4 is 12.0 Å². The van der Waals surface area contributed by atoms with Crippen LogP contribution in [0.2, 0.25) is 0 Å². The van der Waals surface area contributed by atoms with Crippen LogP contribution in [0.4, 0.5) is 4.79 Å². The fourth-order valence-electron chi connectivity index (χ4n) is 7.91. The maximum atomic E-state index is 14.1. The third-order valence-electron chi connectivity index (χ3n) is 8.49. The van der Waals surface area contributed by atoms with Crippen LogP contribution in [0.5, 0.6) is 0 Å². The Balaban J connectivity index is 1.48. The molecule has 1 N–H and O–H groups in total. The van der Waals surface area contributed by atoms with Gasteiger partial charge in [0.15, 0.2) is 0 Å². The van der Waals surface area contributed by atoms with Crippen LogP contribution in [0, 0.1) is 41.4 Å². The quantitative estimate of drug-likeness (QED) is 0.703. The van der Waals surface area contributed by atoms with E-state index >= 15 is 0 Å². The molecule has 6 atom stereocenters. The standard InChI is InChI=1S/C25H36N3O4/c1-5-31-25-11-15-6-16(12-25)10-24(9-15,14-25)20(27-22(30)32-23(2,3)4)21(29)28-18(13-26)7-17-8-19(17)28/h15-20H,1,5-12,14H2,2-4H3,(H,27,30)/t15-,16-,17+,18-,19-,20+,24-,25+/m0/s1. The smallest absolute Gasteiger partial charge is 0.408 e. The molecule has 6 fully saturated rings. The lowest BCUT2D eigenvalue weighted by Gasteiger charge is -2.63. The number of fused-ring (bicyclic) bond motifs is 1. The van der Waals surface area contributed by atoms with E-state index in [0.29, 0.717) is 24.4 Å². The molecule has 0 spiro atoms. The molecule has 32 heavy (non-hydrogen) atoms. The van der Waals surface area contributed by atoms with E-state index in [-0.39, 0.29) is 23.0 Å². The van der Waals surface area contributed by atoms with Crippen molar-refractivity contribution in [2.75, 3.05) is 6.61 Å². The normalized spacial score (nSPS) is 42.2. The molecule has 6 aliphatic rings. The molecule has 1 radical (unpaired) electrons. The molecule has 0 aromatic carbocycles. The Morgan fingerprint density at radius 2 is 1.88 bits per heavy atom. The van der Waals surface area contributed by atoms with Gasteiger partial charge < -0.3 is 19.7 Å². The SMILES string of the molecule is [CH2]CO[C@]12C[C@H]3C[C@H](C1)C[C@@]([C@H](NC(=O)OC(C)(C)C)C(=O)N1[C@H](C#N)C[C@@H]4C[C@@H]41)(C3)C2. The van der Waals surface area contributed by atoms with E-state index in [1.807, 2.05) is 20.8 Å². The predicted octanol–water partition coefficient (Wildman–Crippen LogP) is 3.58. The molecule has 7 nitrogen and oxygen atoms in total. The lowest BCUT2D eigenvalue weighted by molar-refractivity contribution is -0.198. The van der Waals surface area contributed by atoms with Crippen molar-refractivity contribution in [3.8, 4) is 6.07 Å². The lowest BCUT2D eigenvalue weighted by Crippen LogP contribution is -2.67. The summed E-state index contributed by atoms with van der Waals surface area (Å²) in [6.07, 6.45) is 6.95. The maximum absolute atomic E-state index is 14.1. The maximum Gasteiger partial charge on any atom is 0.408 e. The van der Waals surface area contributed by atoms with Crippen molar-refractivity contribution in [1.29, 1.82) is 5.26 Å². The van der Waals surface area contributed by atoms with Crippen LogP contribution in [0.1, 0.15) is 72.1 Å². The predicted molar refractivity (Wildman–Crippen MR) is 117 cm³/mol. The molecule has 0 aromatic rings. The fraction of sp³-hybridized carbons (Fsp3) is 0.840. The summed E-state index contributed by atoms with van der Waals surface area (Å²) >= 11 is 0. The number of piperidine rings is 1. The number of amides is 2. The van der Waals surface area contributed by atoms with Crippen molar-refractivity contribution in [3.63, 3.8) is 0 Å². The van der Waals surface area contributed by atoms with Gasteiger partial charge in [0.05, 0.1) is 11.7 Å². The Bertz CT molecular complexity index is 829. The number of nitrogens with one attached hydrogen (secondary N) is 1. The Morgan fingerprint density at radius 3 is 2.47 bits per heavy atom. The average Bonchev–Trinajstić information content (AvgIpc) is 3.33. The van der Waals surface area contributed by atoms with E-state index in [9.17, 15) is 14.9 Å². The fourth-order valence-corrected chi connectivity index (χ4v) is 7.91. The Kier molecular flexibility index (Phi) is 5.05. The highest BCUT2D eigenvalue weighted by Crippen LogP contribution is 2.64. The molecule has 1 heterocycles. The molecule has 0 aromatic heterocycles. The summed E-state index contributed by atoms with van der Waals surface area (Å²) in [4.78, 5) is 28.8. The van der Waals surface area contributed by atoms with Gasteiger partial charge in [0, 0.05) is 18.1 Å². The Labute approximate surface area is 191 Å². The number of nitriles is 1. The minimum Gasteiger partial charge on any atom is -0.444 e. The number of hydrogen-bond donors (Lipinski definition) is 1. The topological polar surface area (TPSA) is 91.7 Å². The van der Waals surface area contributed by atoms with E-state index in [4.69, 9.17) is 9.47 Å². The van der Waals surface area contributed by atoms with Gasteiger partial charge >= 0.3 is 6.09 Å². The number of ether oxygens (including phenoxy) is 2. The summed E-state index contributed by atoms with van der Waals surface area (Å²) in [6, 6.07) is 1.40. The average molecular weight is 443 g/mol. The second-order valence-electron chi connectivity index (χ2n) is 12.1. The van der Waals surface area contributed by atoms with E-state index < -0.39 is 23.8 Å². The summed E-state index contributed by atoms with van der Waals surface area (Å²) in [6.45, 7) is 9.82. The van der Waals surface area contributed by atoms with Gasteiger partial charge in [-0.2, -0.15) is 5.26 Å². The number of alkyl carbamates (subject to hydrolysis) is 1. The second-order valence-corrected chi connectivity index (χ2v) is 12.1. The number of rotatable bonds is 5. The number of carbonyl (C=O) groups excluding carboxylic acids is 2. The van der Waals surface area contributed by atoms with E-state index in [0.717, 1.165) is 44.9 Å². The first-order valence-electron chi connectivity index (χ1n) is 12.2. The van der Waals surface area contributed by atoms with Crippen LogP contribution >= 0.6 is 0 Å². The van der Waals surface area contributed by atoms with Crippen LogP contribution in [-0.4, -0.2) is 52.8 Å². The molecule has 1 aliphatic heterocycles. The minimum absolute atomic E-state index is 0.0980. The first-order chi connectivity index (χ1) is 15.1. The molecule has 1 saturated heterocycles. The monoisotopic (exact) mass is 442 g/mol. The molecule has 5 aliphatic carbocycles. The van der Waals surface area contributed by atoms with Crippen LogP contribution in [0.15, 0.2) is 0 Å². The van der Waals surface area contributed by atoms with E-state index in [1.54, 1.807) is 4.90 Å². The molecule has 4 bridgehead atoms. The molecule has 2 amide bonds. The van der Waals surface area contributed by atoms with E-state index in [1.165, 1.54) is 6.42 Å². The van der Waals surface area contributed by atoms with Gasteiger partial charge in [-0.05, 0) is 96.8 Å². The zero-order valence-corrected chi connectivity index (χ0v) is 19.6. The molecule has 7 heteroatoms. The lowest BCUT2D eigenvalue weighted by atomic mass is 9.46. The Hall–Kier alpha value is -1.81. The number of carbonyl (C=O) groups is 2. The minimum atomic E-state index is -0.689. The van der Waals surface area contributed by atoms with Crippen LogP contribution in [-0.2, 0) is 14.3 Å².